The Kier molecular flexibility index (Phi) is 9.03. The lowest BCUT2D eigenvalue weighted by atomic mass is 9.94. The number of urea groups is 1. The number of fused-ring (bicyclic) bond motifs is 1. The van der Waals surface area contributed by atoms with Crippen LogP contribution in [0.15, 0.2) is 72.8 Å². The van der Waals surface area contributed by atoms with Gasteiger partial charge in [0.15, 0.2) is 16.6 Å². The van der Waals surface area contributed by atoms with Gasteiger partial charge in [-0.3, -0.25) is 4.90 Å². The summed E-state index contributed by atoms with van der Waals surface area (Å²) < 4.78 is 5.29. The van der Waals surface area contributed by atoms with Gasteiger partial charge in [0.2, 0.25) is 0 Å². The number of benzene rings is 3. The van der Waals surface area contributed by atoms with Gasteiger partial charge in [-0.1, -0.05) is 54.6 Å². The van der Waals surface area contributed by atoms with Gasteiger partial charge in [0.1, 0.15) is 0 Å². The van der Waals surface area contributed by atoms with Crippen LogP contribution >= 0.6 is 12.2 Å². The molecule has 3 aromatic rings. The van der Waals surface area contributed by atoms with E-state index in [1.165, 1.54) is 11.1 Å². The Hall–Kier alpha value is -3.82. The zero-order chi connectivity index (χ0) is 27.9. The van der Waals surface area contributed by atoms with E-state index in [-0.39, 0.29) is 17.8 Å². The summed E-state index contributed by atoms with van der Waals surface area (Å²) in [5, 5.41) is 20.7. The molecular weight excluding hydrogens is 522 g/mol. The topological polar surface area (TPSA) is 89.1 Å². The van der Waals surface area contributed by atoms with Crippen LogP contribution in [-0.2, 0) is 19.5 Å². The third-order valence-corrected chi connectivity index (χ3v) is 8.19. The van der Waals surface area contributed by atoms with Crippen LogP contribution in [0.4, 0.5) is 10.5 Å². The summed E-state index contributed by atoms with van der Waals surface area (Å²) in [6.07, 6.45) is 2.96. The van der Waals surface area contributed by atoms with E-state index in [1.807, 2.05) is 42.5 Å². The van der Waals surface area contributed by atoms with Crippen molar-refractivity contribution in [1.82, 2.24) is 20.4 Å². The lowest BCUT2D eigenvalue weighted by Gasteiger charge is -2.39. The maximum Gasteiger partial charge on any atom is 0.319 e. The molecule has 0 radical (unpaired) electrons. The van der Waals surface area contributed by atoms with Crippen molar-refractivity contribution >= 4 is 29.0 Å². The summed E-state index contributed by atoms with van der Waals surface area (Å²) in [6, 6.07) is 23.6. The molecule has 9 heteroatoms. The van der Waals surface area contributed by atoms with Gasteiger partial charge in [0, 0.05) is 43.5 Å². The first kappa shape index (κ1) is 27.7. The number of para-hydroxylation sites is 2. The number of thiocarbonyl (C=S) groups is 1. The van der Waals surface area contributed by atoms with Crippen LogP contribution in [0.3, 0.4) is 0 Å². The van der Waals surface area contributed by atoms with Gasteiger partial charge in [-0.25, -0.2) is 4.79 Å². The van der Waals surface area contributed by atoms with Crippen molar-refractivity contribution in [3.8, 4) is 11.5 Å². The maximum absolute atomic E-state index is 12.6. The quantitative estimate of drug-likeness (QED) is 0.303. The molecule has 40 heavy (non-hydrogen) atoms. The van der Waals surface area contributed by atoms with E-state index >= 15 is 0 Å². The summed E-state index contributed by atoms with van der Waals surface area (Å²) >= 11 is 5.93. The third-order valence-electron chi connectivity index (χ3n) is 7.81. The zero-order valence-corrected chi connectivity index (χ0v) is 23.6. The number of hydrogen-bond donors (Lipinski definition) is 4. The number of ether oxygens (including phenoxy) is 1. The first-order chi connectivity index (χ1) is 19.5. The largest absolute Gasteiger partial charge is 0.504 e. The predicted molar refractivity (Wildman–Crippen MR) is 162 cm³/mol. The number of methoxy groups -OCH3 is 1. The normalized spacial score (nSPS) is 18.6. The van der Waals surface area contributed by atoms with Crippen LogP contribution in [0.1, 0.15) is 29.5 Å². The maximum atomic E-state index is 12.6. The number of amides is 2. The number of phenols is 1. The number of nitrogens with zero attached hydrogens (tertiary/aromatic N) is 2. The number of hydrogen-bond acceptors (Lipinski definition) is 5. The predicted octanol–water partition coefficient (Wildman–Crippen LogP) is 4.49. The molecule has 2 heterocycles. The number of carbonyl (C=O) groups excluding carboxylic acids is 1. The summed E-state index contributed by atoms with van der Waals surface area (Å²) in [5.74, 6) is 0.702. The van der Waals surface area contributed by atoms with Crippen molar-refractivity contribution in [3.05, 3.63) is 89.5 Å². The Morgan fingerprint density at radius 2 is 1.73 bits per heavy atom. The monoisotopic (exact) mass is 559 g/mol. The summed E-state index contributed by atoms with van der Waals surface area (Å²) in [4.78, 5) is 17.2. The Bertz CT molecular complexity index is 1320. The summed E-state index contributed by atoms with van der Waals surface area (Å²) in [6.45, 7) is 3.51. The fourth-order valence-electron chi connectivity index (χ4n) is 5.63. The van der Waals surface area contributed by atoms with Crippen molar-refractivity contribution in [2.24, 2.45) is 0 Å². The first-order valence-corrected chi connectivity index (χ1v) is 14.2. The van der Waals surface area contributed by atoms with Crippen molar-refractivity contribution in [2.45, 2.75) is 44.4 Å². The molecule has 8 nitrogen and oxygen atoms in total. The lowest BCUT2D eigenvalue weighted by Crippen LogP contribution is -2.54. The van der Waals surface area contributed by atoms with Gasteiger partial charge in [-0.2, -0.15) is 0 Å². The van der Waals surface area contributed by atoms with Crippen LogP contribution < -0.4 is 20.7 Å². The van der Waals surface area contributed by atoms with Gasteiger partial charge in [0.25, 0.3) is 0 Å². The fourth-order valence-corrected chi connectivity index (χ4v) is 5.93. The minimum absolute atomic E-state index is 0.0323. The molecule has 2 atom stereocenters. The number of phenolic OH excluding ortho intramolecular Hbond substituents is 1. The number of aromatic hydroxyl groups is 1. The number of rotatable bonds is 8. The molecule has 0 unspecified atom stereocenters. The van der Waals surface area contributed by atoms with E-state index in [0.717, 1.165) is 43.6 Å². The van der Waals surface area contributed by atoms with E-state index in [4.69, 9.17) is 17.0 Å². The molecule has 4 N–H and O–H groups in total. The fraction of sp³-hybridized carbons (Fsp3) is 0.355. The van der Waals surface area contributed by atoms with Crippen LogP contribution in [0.2, 0.25) is 0 Å². The standard InChI is InChI=1S/C31H37N5O3S/c1-39-28-15-7-11-24(29(28)37)20-35-16-8-14-26(35)18-33-31(40)36-21-23-10-6-5-9-22(23)17-27(36)19-32-30(38)34-25-12-3-2-4-13-25/h2-7,9-13,15,26-27,37H,8,14,16-21H2,1H3,(H,33,40)(H2,32,34,38)/t26-,27+/m1/s1. The second-order valence-corrected chi connectivity index (χ2v) is 10.8. The molecule has 0 aliphatic carbocycles. The number of nitrogens with one attached hydrogen (secondary N) is 3. The molecular formula is C31H37N5O3S. The molecule has 1 fully saturated rings. The second kappa shape index (κ2) is 13.0. The first-order valence-electron chi connectivity index (χ1n) is 13.8. The molecule has 210 valence electrons. The minimum Gasteiger partial charge on any atom is -0.504 e. The number of likely N-dealkylation sites (tertiary alicyclic amines) is 1. The van der Waals surface area contributed by atoms with Gasteiger partial charge in [0.05, 0.1) is 13.2 Å². The van der Waals surface area contributed by atoms with Crippen LogP contribution in [0, 0.1) is 0 Å². The van der Waals surface area contributed by atoms with Crippen molar-refractivity contribution in [3.63, 3.8) is 0 Å². The molecule has 2 amide bonds. The highest BCUT2D eigenvalue weighted by molar-refractivity contribution is 7.80. The number of anilines is 1. The average Bonchev–Trinajstić information content (AvgIpc) is 3.42. The molecule has 0 spiro atoms. The van der Waals surface area contributed by atoms with E-state index in [9.17, 15) is 9.90 Å². The Morgan fingerprint density at radius 3 is 2.52 bits per heavy atom. The summed E-state index contributed by atoms with van der Waals surface area (Å²) in [7, 11) is 1.57. The molecule has 0 aromatic heterocycles. The average molecular weight is 560 g/mol. The van der Waals surface area contributed by atoms with E-state index in [2.05, 4.69) is 50.0 Å². The molecule has 2 aliphatic rings. The Balaban J connectivity index is 1.21. The van der Waals surface area contributed by atoms with Gasteiger partial charge in [-0.05, 0) is 67.4 Å². The molecule has 3 aromatic carbocycles. The second-order valence-electron chi connectivity index (χ2n) is 10.4. The van der Waals surface area contributed by atoms with Crippen molar-refractivity contribution in [1.29, 1.82) is 0 Å². The molecule has 1 saturated heterocycles. The summed E-state index contributed by atoms with van der Waals surface area (Å²) in [5.41, 5.74) is 4.16. The zero-order valence-electron chi connectivity index (χ0n) is 22.8. The molecule has 0 bridgehead atoms. The SMILES string of the molecule is COc1cccc(CN2CCC[C@@H]2CNC(=S)N2Cc3ccccc3C[C@H]2CNC(=O)Nc2ccccc2)c1O. The number of carbonyl (C=O) groups is 1. The van der Waals surface area contributed by atoms with E-state index in [0.29, 0.717) is 36.5 Å². The van der Waals surface area contributed by atoms with Crippen LogP contribution in [0.5, 0.6) is 11.5 Å². The van der Waals surface area contributed by atoms with Crippen molar-refractivity contribution in [2.75, 3.05) is 32.1 Å². The molecule has 2 aliphatic heterocycles. The lowest BCUT2D eigenvalue weighted by molar-refractivity contribution is 0.230. The Morgan fingerprint density at radius 1 is 0.975 bits per heavy atom. The van der Waals surface area contributed by atoms with E-state index in [1.54, 1.807) is 13.2 Å². The van der Waals surface area contributed by atoms with Gasteiger partial charge < -0.3 is 30.7 Å². The highest BCUT2D eigenvalue weighted by atomic mass is 32.1. The smallest absolute Gasteiger partial charge is 0.319 e. The van der Waals surface area contributed by atoms with E-state index < -0.39 is 0 Å². The molecule has 5 rings (SSSR count). The van der Waals surface area contributed by atoms with Gasteiger partial charge in [-0.15, -0.1) is 0 Å². The highest BCUT2D eigenvalue weighted by Crippen LogP contribution is 2.32. The minimum atomic E-state index is -0.230. The van der Waals surface area contributed by atoms with Crippen LogP contribution in [-0.4, -0.2) is 64.9 Å². The van der Waals surface area contributed by atoms with Crippen LogP contribution in [0.25, 0.3) is 0 Å². The van der Waals surface area contributed by atoms with Crippen molar-refractivity contribution < 1.29 is 14.6 Å². The Labute approximate surface area is 241 Å². The highest BCUT2D eigenvalue weighted by Gasteiger charge is 2.30. The van der Waals surface area contributed by atoms with Gasteiger partial charge >= 0.3 is 6.03 Å². The third kappa shape index (κ3) is 6.66. The molecule has 0 saturated carbocycles.